The average Bonchev–Trinajstić information content (AvgIpc) is 2.45. The van der Waals surface area contributed by atoms with Crippen LogP contribution in [0, 0.1) is 11.3 Å². The standard InChI is InChI=1S/C14H18BrN3O/c15-13(8-4-5-9-16)14(18-19-11-10-17)12-6-2-1-3-7-12/h1-3,6-7,13H,4-5,8,10-11,17H2. The van der Waals surface area contributed by atoms with Gasteiger partial charge in [0, 0.05) is 18.5 Å². The van der Waals surface area contributed by atoms with Crippen molar-refractivity contribution in [2.45, 2.75) is 24.1 Å². The number of nitrogens with two attached hydrogens (primary N) is 1. The van der Waals surface area contributed by atoms with Gasteiger partial charge in [0.25, 0.3) is 0 Å². The fraction of sp³-hybridized carbons (Fsp3) is 0.429. The molecule has 1 atom stereocenters. The molecule has 1 rings (SSSR count). The SMILES string of the molecule is N#CCCCC(Br)C(=NOCCN)c1ccccc1. The fourth-order valence-electron chi connectivity index (χ4n) is 1.56. The second-order valence-corrected chi connectivity index (χ2v) is 5.09. The molecule has 0 amide bonds. The Hall–Kier alpha value is -1.38. The average molecular weight is 324 g/mol. The lowest BCUT2D eigenvalue weighted by atomic mass is 10.0. The summed E-state index contributed by atoms with van der Waals surface area (Å²) in [4.78, 5) is 5.27. The number of alkyl halides is 1. The summed E-state index contributed by atoms with van der Waals surface area (Å²) in [5, 5.41) is 12.7. The highest BCUT2D eigenvalue weighted by Crippen LogP contribution is 2.17. The molecule has 1 unspecified atom stereocenters. The second kappa shape index (κ2) is 9.54. The Kier molecular flexibility index (Phi) is 7.87. The number of unbranched alkanes of at least 4 members (excludes halogenated alkanes) is 1. The van der Waals surface area contributed by atoms with E-state index in [1.165, 1.54) is 0 Å². The van der Waals surface area contributed by atoms with Crippen LogP contribution in [0.1, 0.15) is 24.8 Å². The highest BCUT2D eigenvalue weighted by Gasteiger charge is 2.15. The highest BCUT2D eigenvalue weighted by molar-refractivity contribution is 9.10. The van der Waals surface area contributed by atoms with E-state index in [1.807, 2.05) is 30.3 Å². The van der Waals surface area contributed by atoms with Crippen molar-refractivity contribution in [2.24, 2.45) is 10.9 Å². The Balaban J connectivity index is 2.75. The topological polar surface area (TPSA) is 71.4 Å². The zero-order chi connectivity index (χ0) is 13.9. The molecule has 0 aliphatic carbocycles. The van der Waals surface area contributed by atoms with E-state index in [9.17, 15) is 0 Å². The summed E-state index contributed by atoms with van der Waals surface area (Å²) >= 11 is 3.61. The first-order valence-electron chi connectivity index (χ1n) is 6.26. The minimum atomic E-state index is 0.0704. The summed E-state index contributed by atoms with van der Waals surface area (Å²) < 4.78 is 0. The molecule has 19 heavy (non-hydrogen) atoms. The summed E-state index contributed by atoms with van der Waals surface area (Å²) in [6.45, 7) is 0.835. The lowest BCUT2D eigenvalue weighted by Gasteiger charge is -2.12. The number of halogens is 1. The summed E-state index contributed by atoms with van der Waals surface area (Å²) in [6, 6.07) is 12.0. The number of hydrogen-bond acceptors (Lipinski definition) is 4. The van der Waals surface area contributed by atoms with Crippen LogP contribution in [0.5, 0.6) is 0 Å². The van der Waals surface area contributed by atoms with E-state index in [0.29, 0.717) is 19.6 Å². The maximum Gasteiger partial charge on any atom is 0.129 e. The van der Waals surface area contributed by atoms with Gasteiger partial charge in [-0.1, -0.05) is 51.4 Å². The largest absolute Gasteiger partial charge is 0.394 e. The Morgan fingerprint density at radius 2 is 2.16 bits per heavy atom. The van der Waals surface area contributed by atoms with E-state index in [4.69, 9.17) is 15.8 Å². The Labute approximate surface area is 122 Å². The lowest BCUT2D eigenvalue weighted by Crippen LogP contribution is -2.17. The molecule has 0 spiro atoms. The first-order valence-corrected chi connectivity index (χ1v) is 7.17. The Morgan fingerprint density at radius 1 is 1.42 bits per heavy atom. The minimum absolute atomic E-state index is 0.0704. The van der Waals surface area contributed by atoms with Crippen LogP contribution in [0.4, 0.5) is 0 Å². The smallest absolute Gasteiger partial charge is 0.129 e. The Bertz CT molecular complexity index is 428. The minimum Gasteiger partial charge on any atom is -0.394 e. The zero-order valence-corrected chi connectivity index (χ0v) is 12.3. The van der Waals surface area contributed by atoms with Crippen LogP contribution in [0.3, 0.4) is 0 Å². The molecule has 0 saturated carbocycles. The van der Waals surface area contributed by atoms with Crippen molar-refractivity contribution in [1.82, 2.24) is 0 Å². The van der Waals surface area contributed by atoms with E-state index in [1.54, 1.807) is 0 Å². The van der Waals surface area contributed by atoms with Gasteiger partial charge in [-0.15, -0.1) is 0 Å². The number of benzene rings is 1. The van der Waals surface area contributed by atoms with Gasteiger partial charge in [-0.3, -0.25) is 0 Å². The number of rotatable bonds is 8. The van der Waals surface area contributed by atoms with E-state index in [2.05, 4.69) is 27.2 Å². The van der Waals surface area contributed by atoms with Gasteiger partial charge in [0.1, 0.15) is 12.3 Å². The second-order valence-electron chi connectivity index (χ2n) is 3.98. The quantitative estimate of drug-likeness (QED) is 0.346. The van der Waals surface area contributed by atoms with Crippen molar-refractivity contribution in [2.75, 3.05) is 13.2 Å². The third kappa shape index (κ3) is 5.86. The van der Waals surface area contributed by atoms with Crippen molar-refractivity contribution in [1.29, 1.82) is 5.26 Å². The third-order valence-electron chi connectivity index (χ3n) is 2.48. The molecule has 0 saturated heterocycles. The highest BCUT2D eigenvalue weighted by atomic mass is 79.9. The molecule has 102 valence electrons. The maximum absolute atomic E-state index is 8.57. The predicted molar refractivity (Wildman–Crippen MR) is 80.2 cm³/mol. The van der Waals surface area contributed by atoms with Crippen LogP contribution >= 0.6 is 15.9 Å². The van der Waals surface area contributed by atoms with Gasteiger partial charge >= 0.3 is 0 Å². The monoisotopic (exact) mass is 323 g/mol. The number of nitrogens with zero attached hydrogens (tertiary/aromatic N) is 2. The van der Waals surface area contributed by atoms with Crippen LogP contribution < -0.4 is 5.73 Å². The van der Waals surface area contributed by atoms with E-state index in [-0.39, 0.29) is 4.83 Å². The van der Waals surface area contributed by atoms with Crippen LogP contribution in [0.25, 0.3) is 0 Å². The molecule has 0 aliphatic rings. The predicted octanol–water partition coefficient (Wildman–Crippen LogP) is 2.82. The van der Waals surface area contributed by atoms with Gasteiger partial charge in [0.2, 0.25) is 0 Å². The van der Waals surface area contributed by atoms with Gasteiger partial charge < -0.3 is 10.6 Å². The van der Waals surface area contributed by atoms with Crippen molar-refractivity contribution < 1.29 is 4.84 Å². The molecular weight excluding hydrogens is 306 g/mol. The number of oxime groups is 1. The first-order chi connectivity index (χ1) is 9.29. The third-order valence-corrected chi connectivity index (χ3v) is 3.38. The Morgan fingerprint density at radius 3 is 2.79 bits per heavy atom. The molecule has 0 aromatic heterocycles. The van der Waals surface area contributed by atoms with Gasteiger partial charge in [0.15, 0.2) is 0 Å². The van der Waals surface area contributed by atoms with Crippen LogP contribution in [0.15, 0.2) is 35.5 Å². The van der Waals surface area contributed by atoms with E-state index >= 15 is 0 Å². The molecule has 0 radical (unpaired) electrons. The molecule has 2 N–H and O–H groups in total. The molecule has 1 aromatic carbocycles. The van der Waals surface area contributed by atoms with Crippen LogP contribution in [-0.4, -0.2) is 23.7 Å². The molecule has 1 aromatic rings. The van der Waals surface area contributed by atoms with Crippen LogP contribution in [-0.2, 0) is 4.84 Å². The molecule has 0 heterocycles. The van der Waals surface area contributed by atoms with E-state index < -0.39 is 0 Å². The molecular formula is C14H18BrN3O. The maximum atomic E-state index is 8.57. The fourth-order valence-corrected chi connectivity index (χ4v) is 2.24. The lowest BCUT2D eigenvalue weighted by molar-refractivity contribution is 0.152. The van der Waals surface area contributed by atoms with Crippen LogP contribution in [0.2, 0.25) is 0 Å². The number of nitriles is 1. The zero-order valence-electron chi connectivity index (χ0n) is 10.8. The van der Waals surface area contributed by atoms with Crippen molar-refractivity contribution >= 4 is 21.6 Å². The van der Waals surface area contributed by atoms with Crippen molar-refractivity contribution in [3.63, 3.8) is 0 Å². The number of hydrogen-bond donors (Lipinski definition) is 1. The summed E-state index contributed by atoms with van der Waals surface area (Å²) in [5.74, 6) is 0. The van der Waals surface area contributed by atoms with Gasteiger partial charge in [0.05, 0.1) is 10.9 Å². The van der Waals surface area contributed by atoms with E-state index in [0.717, 1.165) is 24.1 Å². The molecule has 0 bridgehead atoms. The van der Waals surface area contributed by atoms with Crippen molar-refractivity contribution in [3.05, 3.63) is 35.9 Å². The molecule has 5 heteroatoms. The molecule has 4 nitrogen and oxygen atoms in total. The molecule has 0 fully saturated rings. The van der Waals surface area contributed by atoms with Gasteiger partial charge in [-0.25, -0.2) is 0 Å². The van der Waals surface area contributed by atoms with Gasteiger partial charge in [-0.2, -0.15) is 5.26 Å². The molecule has 0 aliphatic heterocycles. The van der Waals surface area contributed by atoms with Gasteiger partial charge in [-0.05, 0) is 12.8 Å². The normalized spacial score (nSPS) is 12.8. The first kappa shape index (κ1) is 15.7. The van der Waals surface area contributed by atoms with Crippen molar-refractivity contribution in [3.8, 4) is 6.07 Å². The summed E-state index contributed by atoms with van der Waals surface area (Å²) in [7, 11) is 0. The summed E-state index contributed by atoms with van der Waals surface area (Å²) in [5.41, 5.74) is 7.24. The summed E-state index contributed by atoms with van der Waals surface area (Å²) in [6.07, 6.45) is 2.22.